The Bertz CT molecular complexity index is 1290. The van der Waals surface area contributed by atoms with E-state index in [1.807, 2.05) is 57.2 Å². The number of aromatic nitrogens is 1. The topological polar surface area (TPSA) is 64.8 Å². The molecule has 0 saturated heterocycles. The number of nitrogens with zero attached hydrogens (tertiary/aromatic N) is 2. The molecule has 6 heteroatoms. The van der Waals surface area contributed by atoms with E-state index in [-0.39, 0.29) is 6.09 Å². The van der Waals surface area contributed by atoms with E-state index < -0.39 is 5.60 Å². The number of pyridine rings is 1. The molecule has 0 aliphatic rings. The first-order valence-corrected chi connectivity index (χ1v) is 12.8. The minimum atomic E-state index is -0.562. The van der Waals surface area contributed by atoms with E-state index >= 15 is 0 Å². The van der Waals surface area contributed by atoms with Crippen LogP contribution in [-0.4, -0.2) is 34.7 Å². The van der Waals surface area contributed by atoms with Gasteiger partial charge in [-0.3, -0.25) is 4.98 Å². The molecule has 0 radical (unpaired) electrons. The van der Waals surface area contributed by atoms with E-state index in [1.165, 1.54) is 5.56 Å². The summed E-state index contributed by atoms with van der Waals surface area (Å²) in [7, 11) is 0. The van der Waals surface area contributed by atoms with Gasteiger partial charge in [0.2, 0.25) is 0 Å². The van der Waals surface area contributed by atoms with Gasteiger partial charge in [0, 0.05) is 30.9 Å². The SMILES string of the molecule is Cc1c(CCc2ccccc2)oc2cccc(OCCCN(Cc3cccnc3)C(=O)OC(C)(C)C)c12. The van der Waals surface area contributed by atoms with Crippen molar-refractivity contribution in [2.24, 2.45) is 0 Å². The van der Waals surface area contributed by atoms with Crippen molar-refractivity contribution < 1.29 is 18.7 Å². The Balaban J connectivity index is 1.39. The van der Waals surface area contributed by atoms with Gasteiger partial charge in [0.15, 0.2) is 0 Å². The Hall–Kier alpha value is -3.80. The number of hydrogen-bond acceptors (Lipinski definition) is 5. The van der Waals surface area contributed by atoms with Crippen LogP contribution in [0.3, 0.4) is 0 Å². The van der Waals surface area contributed by atoms with Crippen LogP contribution in [0.25, 0.3) is 11.0 Å². The number of amides is 1. The van der Waals surface area contributed by atoms with Crippen molar-refractivity contribution in [2.45, 2.75) is 59.1 Å². The number of rotatable bonds is 10. The lowest BCUT2D eigenvalue weighted by Crippen LogP contribution is -2.37. The number of benzene rings is 2. The minimum Gasteiger partial charge on any atom is -0.493 e. The largest absolute Gasteiger partial charge is 0.493 e. The maximum absolute atomic E-state index is 12.8. The van der Waals surface area contributed by atoms with Gasteiger partial charge in [0.1, 0.15) is 22.7 Å². The van der Waals surface area contributed by atoms with Gasteiger partial charge in [-0.2, -0.15) is 0 Å². The summed E-state index contributed by atoms with van der Waals surface area (Å²) in [5.74, 6) is 1.79. The molecule has 0 atom stereocenters. The van der Waals surface area contributed by atoms with Crippen LogP contribution in [0.5, 0.6) is 5.75 Å². The standard InChI is InChI=1S/C31H36N2O4/c1-23-26(17-16-24-11-6-5-7-12-24)36-28-15-8-14-27(29(23)28)35-20-10-19-33(30(34)37-31(2,3)4)22-25-13-9-18-32-21-25/h5-9,11-15,18,21H,10,16-17,19-20,22H2,1-4H3. The fourth-order valence-electron chi connectivity index (χ4n) is 4.29. The molecule has 0 spiro atoms. The Labute approximate surface area is 219 Å². The molecule has 6 nitrogen and oxygen atoms in total. The summed E-state index contributed by atoms with van der Waals surface area (Å²) >= 11 is 0. The van der Waals surface area contributed by atoms with E-state index in [9.17, 15) is 4.79 Å². The van der Waals surface area contributed by atoms with Gasteiger partial charge in [-0.1, -0.05) is 42.5 Å². The van der Waals surface area contributed by atoms with Crippen LogP contribution in [0.4, 0.5) is 4.79 Å². The van der Waals surface area contributed by atoms with Crippen molar-refractivity contribution in [3.63, 3.8) is 0 Å². The number of carbonyl (C=O) groups is 1. The third-order valence-electron chi connectivity index (χ3n) is 6.08. The van der Waals surface area contributed by atoms with Crippen LogP contribution >= 0.6 is 0 Å². The van der Waals surface area contributed by atoms with E-state index in [4.69, 9.17) is 13.9 Å². The Morgan fingerprint density at radius 1 is 0.973 bits per heavy atom. The monoisotopic (exact) mass is 500 g/mol. The van der Waals surface area contributed by atoms with Gasteiger partial charge in [-0.05, 0) is 69.9 Å². The van der Waals surface area contributed by atoms with Gasteiger partial charge in [0.05, 0.1) is 18.5 Å². The number of furan rings is 1. The first kappa shape index (κ1) is 26.3. The summed E-state index contributed by atoms with van der Waals surface area (Å²) in [5.41, 5.74) is 3.64. The van der Waals surface area contributed by atoms with Crippen molar-refractivity contribution in [1.29, 1.82) is 0 Å². The van der Waals surface area contributed by atoms with Gasteiger partial charge in [-0.15, -0.1) is 0 Å². The van der Waals surface area contributed by atoms with E-state index in [0.717, 1.165) is 46.4 Å². The smallest absolute Gasteiger partial charge is 0.410 e. The molecule has 0 bridgehead atoms. The zero-order valence-electron chi connectivity index (χ0n) is 22.2. The number of fused-ring (bicyclic) bond motifs is 1. The molecule has 4 rings (SSSR count). The summed E-state index contributed by atoms with van der Waals surface area (Å²) in [6.45, 7) is 9.12. The number of carbonyl (C=O) groups excluding carboxylic acids is 1. The summed E-state index contributed by atoms with van der Waals surface area (Å²) in [6, 6.07) is 20.2. The fourth-order valence-corrected chi connectivity index (χ4v) is 4.29. The van der Waals surface area contributed by atoms with E-state index in [1.54, 1.807) is 17.3 Å². The number of hydrogen-bond donors (Lipinski definition) is 0. The molecule has 0 aliphatic heterocycles. The van der Waals surface area contributed by atoms with Crippen LogP contribution in [-0.2, 0) is 24.1 Å². The third-order valence-corrected chi connectivity index (χ3v) is 6.08. The van der Waals surface area contributed by atoms with Gasteiger partial charge < -0.3 is 18.8 Å². The zero-order valence-corrected chi connectivity index (χ0v) is 22.2. The van der Waals surface area contributed by atoms with Crippen LogP contribution in [0.1, 0.15) is 49.6 Å². The second-order valence-electron chi connectivity index (χ2n) is 10.2. The lowest BCUT2D eigenvalue weighted by Gasteiger charge is -2.27. The minimum absolute atomic E-state index is 0.341. The average molecular weight is 501 g/mol. The highest BCUT2D eigenvalue weighted by atomic mass is 16.6. The normalized spacial score (nSPS) is 11.5. The molecule has 0 saturated carbocycles. The first-order valence-electron chi connectivity index (χ1n) is 12.8. The quantitative estimate of drug-likeness (QED) is 0.217. The number of aryl methyl sites for hydroxylation is 3. The molecule has 2 aromatic heterocycles. The van der Waals surface area contributed by atoms with Crippen molar-refractivity contribution >= 4 is 17.1 Å². The molecule has 2 aromatic carbocycles. The highest BCUT2D eigenvalue weighted by Crippen LogP contribution is 2.34. The maximum atomic E-state index is 12.8. The van der Waals surface area contributed by atoms with Crippen molar-refractivity contribution in [1.82, 2.24) is 9.88 Å². The molecule has 0 N–H and O–H groups in total. The van der Waals surface area contributed by atoms with Crippen LogP contribution in [0.2, 0.25) is 0 Å². The van der Waals surface area contributed by atoms with Crippen LogP contribution < -0.4 is 4.74 Å². The molecule has 1 amide bonds. The highest BCUT2D eigenvalue weighted by Gasteiger charge is 2.22. The molecule has 0 aliphatic carbocycles. The van der Waals surface area contributed by atoms with Crippen LogP contribution in [0, 0.1) is 6.92 Å². The first-order chi connectivity index (χ1) is 17.8. The average Bonchev–Trinajstić information content (AvgIpc) is 3.21. The Morgan fingerprint density at radius 3 is 2.49 bits per heavy atom. The Kier molecular flexibility index (Phi) is 8.49. The van der Waals surface area contributed by atoms with Gasteiger partial charge in [0.25, 0.3) is 0 Å². The molecule has 0 unspecified atom stereocenters. The van der Waals surface area contributed by atoms with E-state index in [2.05, 4.69) is 36.2 Å². The van der Waals surface area contributed by atoms with E-state index in [0.29, 0.717) is 26.1 Å². The molecule has 194 valence electrons. The molecule has 4 aromatic rings. The maximum Gasteiger partial charge on any atom is 0.410 e. The zero-order chi connectivity index (χ0) is 26.3. The molecule has 2 heterocycles. The molecular formula is C31H36N2O4. The third kappa shape index (κ3) is 7.35. The van der Waals surface area contributed by atoms with Crippen molar-refractivity contribution in [2.75, 3.05) is 13.2 Å². The van der Waals surface area contributed by atoms with Crippen molar-refractivity contribution in [3.05, 3.63) is 95.5 Å². The molecule has 37 heavy (non-hydrogen) atoms. The predicted molar refractivity (Wildman–Crippen MR) is 146 cm³/mol. The lowest BCUT2D eigenvalue weighted by molar-refractivity contribution is 0.0225. The second kappa shape index (κ2) is 12.0. The highest BCUT2D eigenvalue weighted by molar-refractivity contribution is 5.88. The summed E-state index contributed by atoms with van der Waals surface area (Å²) in [4.78, 5) is 18.7. The predicted octanol–water partition coefficient (Wildman–Crippen LogP) is 7.13. The summed E-state index contributed by atoms with van der Waals surface area (Å²) in [6.07, 6.45) is 5.57. The summed E-state index contributed by atoms with van der Waals surface area (Å²) in [5, 5.41) is 1.02. The van der Waals surface area contributed by atoms with Crippen molar-refractivity contribution in [3.8, 4) is 5.75 Å². The van der Waals surface area contributed by atoms with Gasteiger partial charge >= 0.3 is 6.09 Å². The second-order valence-corrected chi connectivity index (χ2v) is 10.2. The van der Waals surface area contributed by atoms with Gasteiger partial charge in [-0.25, -0.2) is 4.79 Å². The number of ether oxygens (including phenoxy) is 2. The Morgan fingerprint density at radius 2 is 1.76 bits per heavy atom. The summed E-state index contributed by atoms with van der Waals surface area (Å²) < 4.78 is 18.0. The molecule has 0 fully saturated rings. The fraction of sp³-hybridized carbons (Fsp3) is 0.355. The molecular weight excluding hydrogens is 464 g/mol. The lowest BCUT2D eigenvalue weighted by atomic mass is 10.1. The van der Waals surface area contributed by atoms with Crippen LogP contribution in [0.15, 0.2) is 77.5 Å².